The summed E-state index contributed by atoms with van der Waals surface area (Å²) in [7, 11) is 0. The van der Waals surface area contributed by atoms with Crippen LogP contribution in [0.3, 0.4) is 0 Å². The highest BCUT2D eigenvalue weighted by Crippen LogP contribution is 2.49. The van der Waals surface area contributed by atoms with E-state index in [0.717, 1.165) is 38.1 Å². The molecule has 1 heterocycles. The van der Waals surface area contributed by atoms with Gasteiger partial charge < -0.3 is 10.6 Å². The van der Waals surface area contributed by atoms with E-state index in [-0.39, 0.29) is 24.4 Å². The number of benzene rings is 1. The summed E-state index contributed by atoms with van der Waals surface area (Å²) in [6, 6.07) is 5.24. The molecule has 1 aromatic carbocycles. The van der Waals surface area contributed by atoms with Gasteiger partial charge in [-0.05, 0) is 43.9 Å². The molecule has 2 aliphatic rings. The maximum atomic E-state index is 12.8. The van der Waals surface area contributed by atoms with Crippen LogP contribution in [-0.4, -0.2) is 25.0 Å². The first-order valence-corrected chi connectivity index (χ1v) is 7.61. The normalized spacial score (nSPS) is 22.8. The number of carbonyl (C=O) groups excluding carboxylic acids is 1. The van der Waals surface area contributed by atoms with Crippen LogP contribution < -0.4 is 10.6 Å². The molecule has 3 rings (SSSR count). The van der Waals surface area contributed by atoms with Gasteiger partial charge >= 0.3 is 6.18 Å². The van der Waals surface area contributed by atoms with Gasteiger partial charge in [-0.1, -0.05) is 18.2 Å². The van der Waals surface area contributed by atoms with Gasteiger partial charge in [0.05, 0.1) is 11.0 Å². The molecule has 2 N–H and O–H groups in total. The first-order chi connectivity index (χ1) is 10.4. The van der Waals surface area contributed by atoms with Gasteiger partial charge in [0.1, 0.15) is 0 Å². The van der Waals surface area contributed by atoms with Crippen molar-refractivity contribution in [1.29, 1.82) is 0 Å². The average Bonchev–Trinajstić information content (AvgIpc) is 3.29. The highest BCUT2D eigenvalue weighted by molar-refractivity contribution is 5.91. The summed E-state index contributed by atoms with van der Waals surface area (Å²) < 4.78 is 38.5. The van der Waals surface area contributed by atoms with Crippen LogP contribution in [0.25, 0.3) is 0 Å². The molecule has 1 saturated heterocycles. The Hall–Kier alpha value is -1.27. The number of hydrogen-bond acceptors (Lipinski definition) is 2. The third-order valence-electron chi connectivity index (χ3n) is 4.56. The maximum Gasteiger partial charge on any atom is 0.416 e. The monoisotopic (exact) mass is 348 g/mol. The van der Waals surface area contributed by atoms with Crippen LogP contribution in [0, 0.1) is 0 Å². The predicted molar refractivity (Wildman–Crippen MR) is 83.6 cm³/mol. The molecule has 0 spiro atoms. The topological polar surface area (TPSA) is 41.1 Å². The molecule has 1 amide bonds. The molecule has 0 aromatic heterocycles. The van der Waals surface area contributed by atoms with Crippen molar-refractivity contribution in [3.63, 3.8) is 0 Å². The third kappa shape index (κ3) is 3.80. The highest BCUT2D eigenvalue weighted by Gasteiger charge is 2.52. The molecular weight excluding hydrogens is 329 g/mol. The fourth-order valence-corrected chi connectivity index (χ4v) is 3.06. The number of hydrogen-bond donors (Lipinski definition) is 2. The van der Waals surface area contributed by atoms with Crippen LogP contribution in [0.1, 0.15) is 36.8 Å². The van der Waals surface area contributed by atoms with Gasteiger partial charge in [0.15, 0.2) is 0 Å². The van der Waals surface area contributed by atoms with E-state index in [0.29, 0.717) is 18.4 Å². The Kier molecular flexibility index (Phi) is 5.26. The van der Waals surface area contributed by atoms with Crippen LogP contribution in [0.5, 0.6) is 0 Å². The van der Waals surface area contributed by atoms with Crippen molar-refractivity contribution in [1.82, 2.24) is 10.6 Å². The smallest absolute Gasteiger partial charge is 0.351 e. The SMILES string of the molecule is Cl.O=C(NC1CCCNC1)C1(c2cccc(C(F)(F)F)c2)CC1. The lowest BCUT2D eigenvalue weighted by Crippen LogP contribution is -2.48. The summed E-state index contributed by atoms with van der Waals surface area (Å²) in [6.45, 7) is 1.68. The summed E-state index contributed by atoms with van der Waals surface area (Å²) in [5.41, 5.74) is -0.981. The zero-order chi connectivity index (χ0) is 15.8. The van der Waals surface area contributed by atoms with E-state index in [2.05, 4.69) is 10.6 Å². The van der Waals surface area contributed by atoms with Gasteiger partial charge in [-0.15, -0.1) is 12.4 Å². The van der Waals surface area contributed by atoms with Gasteiger partial charge in [-0.25, -0.2) is 0 Å². The van der Waals surface area contributed by atoms with Crippen molar-refractivity contribution in [2.75, 3.05) is 13.1 Å². The van der Waals surface area contributed by atoms with Crippen molar-refractivity contribution < 1.29 is 18.0 Å². The second-order valence-electron chi connectivity index (χ2n) is 6.18. The molecule has 1 unspecified atom stereocenters. The highest BCUT2D eigenvalue weighted by atomic mass is 35.5. The Morgan fingerprint density at radius 2 is 2.04 bits per heavy atom. The number of rotatable bonds is 3. The number of piperidine rings is 1. The van der Waals surface area contributed by atoms with Crippen molar-refractivity contribution >= 4 is 18.3 Å². The molecule has 2 fully saturated rings. The minimum Gasteiger partial charge on any atom is -0.351 e. The van der Waals surface area contributed by atoms with E-state index in [9.17, 15) is 18.0 Å². The Labute approximate surface area is 139 Å². The van der Waals surface area contributed by atoms with Crippen LogP contribution >= 0.6 is 12.4 Å². The van der Waals surface area contributed by atoms with Crippen molar-refractivity contribution in [3.05, 3.63) is 35.4 Å². The number of halogens is 4. The van der Waals surface area contributed by atoms with Crippen LogP contribution in [-0.2, 0) is 16.4 Å². The summed E-state index contributed by atoms with van der Waals surface area (Å²) >= 11 is 0. The van der Waals surface area contributed by atoms with Crippen molar-refractivity contribution in [2.45, 2.75) is 43.3 Å². The molecule has 7 heteroatoms. The molecule has 128 valence electrons. The summed E-state index contributed by atoms with van der Waals surface area (Å²) in [5.74, 6) is -0.138. The van der Waals surface area contributed by atoms with Crippen LogP contribution in [0.15, 0.2) is 24.3 Å². The predicted octanol–water partition coefficient (Wildman–Crippen LogP) is 3.03. The molecule has 0 radical (unpaired) electrons. The van der Waals surface area contributed by atoms with Crippen molar-refractivity contribution in [3.8, 4) is 0 Å². The van der Waals surface area contributed by atoms with E-state index in [1.807, 2.05) is 0 Å². The fraction of sp³-hybridized carbons (Fsp3) is 0.562. The van der Waals surface area contributed by atoms with Gasteiger partial charge in [0.2, 0.25) is 5.91 Å². The van der Waals surface area contributed by atoms with E-state index in [1.54, 1.807) is 6.07 Å². The largest absolute Gasteiger partial charge is 0.416 e. The second kappa shape index (κ2) is 6.69. The maximum absolute atomic E-state index is 12.8. The number of amides is 1. The number of carbonyl (C=O) groups is 1. The molecule has 1 aromatic rings. The van der Waals surface area contributed by atoms with Gasteiger partial charge in [-0.3, -0.25) is 4.79 Å². The summed E-state index contributed by atoms with van der Waals surface area (Å²) in [6.07, 6.45) is -1.24. The molecule has 0 bridgehead atoms. The van der Waals surface area contributed by atoms with Crippen LogP contribution in [0.2, 0.25) is 0 Å². The molecule has 1 saturated carbocycles. The minimum absolute atomic E-state index is 0. The Balaban J connectivity index is 0.00000192. The Bertz CT molecular complexity index is 567. The third-order valence-corrected chi connectivity index (χ3v) is 4.56. The first kappa shape index (κ1) is 18.1. The zero-order valence-electron chi connectivity index (χ0n) is 12.6. The zero-order valence-corrected chi connectivity index (χ0v) is 13.4. The second-order valence-corrected chi connectivity index (χ2v) is 6.18. The average molecular weight is 349 g/mol. The lowest BCUT2D eigenvalue weighted by molar-refractivity contribution is -0.137. The molecule has 1 aliphatic heterocycles. The lowest BCUT2D eigenvalue weighted by Gasteiger charge is -2.26. The quantitative estimate of drug-likeness (QED) is 0.881. The van der Waals surface area contributed by atoms with Gasteiger partial charge in [0.25, 0.3) is 0 Å². The van der Waals surface area contributed by atoms with Gasteiger partial charge in [-0.2, -0.15) is 13.2 Å². The molecule has 1 atom stereocenters. The van der Waals surface area contributed by atoms with E-state index in [4.69, 9.17) is 0 Å². The Morgan fingerprint density at radius 3 is 2.61 bits per heavy atom. The molecular formula is C16H20ClF3N2O. The first-order valence-electron chi connectivity index (χ1n) is 7.61. The molecule has 3 nitrogen and oxygen atoms in total. The molecule has 23 heavy (non-hydrogen) atoms. The summed E-state index contributed by atoms with van der Waals surface area (Å²) in [5, 5.41) is 6.21. The lowest BCUT2D eigenvalue weighted by atomic mass is 9.92. The van der Waals surface area contributed by atoms with E-state index in [1.165, 1.54) is 6.07 Å². The molecule has 1 aliphatic carbocycles. The van der Waals surface area contributed by atoms with Gasteiger partial charge in [0, 0.05) is 12.6 Å². The number of alkyl halides is 3. The van der Waals surface area contributed by atoms with E-state index < -0.39 is 17.2 Å². The Morgan fingerprint density at radius 1 is 1.30 bits per heavy atom. The van der Waals surface area contributed by atoms with E-state index >= 15 is 0 Å². The van der Waals surface area contributed by atoms with Crippen LogP contribution in [0.4, 0.5) is 13.2 Å². The minimum atomic E-state index is -4.38. The number of nitrogens with one attached hydrogen (secondary N) is 2. The van der Waals surface area contributed by atoms with Crippen molar-refractivity contribution in [2.24, 2.45) is 0 Å². The summed E-state index contributed by atoms with van der Waals surface area (Å²) in [4.78, 5) is 12.5. The standard InChI is InChI=1S/C16H19F3N2O.ClH/c17-16(18,19)12-4-1-3-11(9-12)15(6-7-15)14(22)21-13-5-2-8-20-10-13;/h1,3-4,9,13,20H,2,5-8,10H2,(H,21,22);1H. The fourth-order valence-electron chi connectivity index (χ4n) is 3.06.